The Hall–Kier alpha value is -0.620. The van der Waals surface area contributed by atoms with Crippen molar-refractivity contribution >= 4 is 27.3 Å². The first-order valence-corrected chi connectivity index (χ1v) is 7.45. The van der Waals surface area contributed by atoms with Crippen molar-refractivity contribution in [3.63, 3.8) is 0 Å². The van der Waals surface area contributed by atoms with Crippen LogP contribution >= 0.6 is 27.3 Å². The van der Waals surface area contributed by atoms with Crippen molar-refractivity contribution in [3.8, 4) is 0 Å². The fourth-order valence-electron chi connectivity index (χ4n) is 1.93. The van der Waals surface area contributed by atoms with Gasteiger partial charge in [-0.05, 0) is 53.0 Å². The molecule has 2 N–H and O–H groups in total. The van der Waals surface area contributed by atoms with Crippen LogP contribution in [0, 0.1) is 6.92 Å². The van der Waals surface area contributed by atoms with Gasteiger partial charge in [-0.15, -0.1) is 11.3 Å². The van der Waals surface area contributed by atoms with Crippen molar-refractivity contribution in [2.45, 2.75) is 26.6 Å². The van der Waals surface area contributed by atoms with E-state index in [0.717, 1.165) is 30.2 Å². The number of thiophene rings is 1. The van der Waals surface area contributed by atoms with Gasteiger partial charge in [0.1, 0.15) is 11.5 Å². The first kappa shape index (κ1) is 13.8. The summed E-state index contributed by atoms with van der Waals surface area (Å²) in [7, 11) is 2.09. The molecule has 0 aromatic carbocycles. The van der Waals surface area contributed by atoms with E-state index < -0.39 is 0 Å². The van der Waals surface area contributed by atoms with Crippen LogP contribution in [-0.2, 0) is 19.6 Å². The van der Waals surface area contributed by atoms with Crippen molar-refractivity contribution in [2.75, 3.05) is 7.05 Å². The summed E-state index contributed by atoms with van der Waals surface area (Å²) in [5.41, 5.74) is 8.05. The Bertz CT molecular complexity index is 521. The minimum absolute atomic E-state index is 0.538. The summed E-state index contributed by atoms with van der Waals surface area (Å²) in [4.78, 5) is 2.23. The van der Waals surface area contributed by atoms with Crippen molar-refractivity contribution in [3.05, 3.63) is 43.9 Å². The molecule has 0 saturated carbocycles. The zero-order valence-electron chi connectivity index (χ0n) is 10.6. The van der Waals surface area contributed by atoms with Gasteiger partial charge in [-0.25, -0.2) is 0 Å². The summed E-state index contributed by atoms with van der Waals surface area (Å²) in [6.07, 6.45) is 0. The van der Waals surface area contributed by atoms with Crippen LogP contribution in [0.1, 0.15) is 22.6 Å². The minimum Gasteiger partial charge on any atom is -0.465 e. The number of aryl methyl sites for hydroxylation is 1. The van der Waals surface area contributed by atoms with E-state index in [1.807, 2.05) is 6.92 Å². The Balaban J connectivity index is 1.96. The Kier molecular flexibility index (Phi) is 4.61. The number of hydrogen-bond donors (Lipinski definition) is 1. The molecule has 0 aliphatic carbocycles. The van der Waals surface area contributed by atoms with Gasteiger partial charge >= 0.3 is 0 Å². The van der Waals surface area contributed by atoms with Crippen LogP contribution in [0.15, 0.2) is 25.7 Å². The van der Waals surface area contributed by atoms with E-state index in [2.05, 4.69) is 45.4 Å². The second-order valence-electron chi connectivity index (χ2n) is 4.43. The molecular weight excluding hydrogens is 312 g/mol. The lowest BCUT2D eigenvalue weighted by Crippen LogP contribution is -2.16. The lowest BCUT2D eigenvalue weighted by Gasteiger charge is -2.13. The monoisotopic (exact) mass is 328 g/mol. The highest BCUT2D eigenvalue weighted by Gasteiger charge is 2.09. The highest BCUT2D eigenvalue weighted by atomic mass is 79.9. The van der Waals surface area contributed by atoms with E-state index in [1.165, 1.54) is 9.35 Å². The molecule has 0 fully saturated rings. The second-order valence-corrected chi connectivity index (χ2v) is 6.72. The van der Waals surface area contributed by atoms with Gasteiger partial charge in [0.05, 0.1) is 10.3 Å². The molecule has 0 amide bonds. The highest BCUT2D eigenvalue weighted by molar-refractivity contribution is 9.11. The normalized spacial score (nSPS) is 11.4. The maximum atomic E-state index is 5.69. The van der Waals surface area contributed by atoms with Gasteiger partial charge in [-0.3, -0.25) is 4.90 Å². The van der Waals surface area contributed by atoms with Crippen LogP contribution in [0.3, 0.4) is 0 Å². The largest absolute Gasteiger partial charge is 0.465 e. The SMILES string of the molecule is Cc1oc(CN(C)Cc2csc(Br)c2)cc1CN. The maximum absolute atomic E-state index is 5.69. The van der Waals surface area contributed by atoms with Crippen LogP contribution in [0.25, 0.3) is 0 Å². The first-order valence-electron chi connectivity index (χ1n) is 5.78. The van der Waals surface area contributed by atoms with Crippen molar-refractivity contribution < 1.29 is 4.42 Å². The molecule has 18 heavy (non-hydrogen) atoms. The van der Waals surface area contributed by atoms with E-state index in [9.17, 15) is 0 Å². The quantitative estimate of drug-likeness (QED) is 0.913. The molecule has 2 heterocycles. The molecule has 0 spiro atoms. The smallest absolute Gasteiger partial charge is 0.118 e. The Morgan fingerprint density at radius 2 is 2.17 bits per heavy atom. The predicted molar refractivity (Wildman–Crippen MR) is 78.5 cm³/mol. The fourth-order valence-corrected chi connectivity index (χ4v) is 3.13. The van der Waals surface area contributed by atoms with Crippen molar-refractivity contribution in [2.24, 2.45) is 5.73 Å². The maximum Gasteiger partial charge on any atom is 0.118 e. The van der Waals surface area contributed by atoms with Gasteiger partial charge < -0.3 is 10.2 Å². The molecule has 3 nitrogen and oxygen atoms in total. The van der Waals surface area contributed by atoms with Gasteiger partial charge in [0.2, 0.25) is 0 Å². The summed E-state index contributed by atoms with van der Waals surface area (Å²) in [5, 5.41) is 2.17. The van der Waals surface area contributed by atoms with Gasteiger partial charge in [0.25, 0.3) is 0 Å². The number of rotatable bonds is 5. The molecule has 2 aromatic rings. The van der Waals surface area contributed by atoms with E-state index in [-0.39, 0.29) is 0 Å². The molecular formula is C13H17BrN2OS. The molecule has 0 saturated heterocycles. The van der Waals surface area contributed by atoms with E-state index in [1.54, 1.807) is 11.3 Å². The van der Waals surface area contributed by atoms with E-state index >= 15 is 0 Å². The molecule has 0 unspecified atom stereocenters. The van der Waals surface area contributed by atoms with Gasteiger partial charge in [-0.1, -0.05) is 0 Å². The number of nitrogens with two attached hydrogens (primary N) is 1. The lowest BCUT2D eigenvalue weighted by atomic mass is 10.2. The van der Waals surface area contributed by atoms with Crippen molar-refractivity contribution in [1.29, 1.82) is 0 Å². The zero-order chi connectivity index (χ0) is 13.1. The fraction of sp³-hybridized carbons (Fsp3) is 0.385. The summed E-state index contributed by atoms with van der Waals surface area (Å²) < 4.78 is 6.86. The second kappa shape index (κ2) is 6.02. The Morgan fingerprint density at radius 3 is 2.72 bits per heavy atom. The van der Waals surface area contributed by atoms with Gasteiger partial charge in [-0.2, -0.15) is 0 Å². The molecule has 2 rings (SSSR count). The third-order valence-corrected chi connectivity index (χ3v) is 4.34. The summed E-state index contributed by atoms with van der Waals surface area (Å²) in [6.45, 7) is 4.21. The van der Waals surface area contributed by atoms with Crippen LogP contribution < -0.4 is 5.73 Å². The minimum atomic E-state index is 0.538. The molecule has 5 heteroatoms. The van der Waals surface area contributed by atoms with E-state index in [0.29, 0.717) is 6.54 Å². The first-order chi connectivity index (χ1) is 8.58. The Labute approximate surface area is 120 Å². The summed E-state index contributed by atoms with van der Waals surface area (Å²) in [6, 6.07) is 4.20. The predicted octanol–water partition coefficient (Wildman–Crippen LogP) is 3.50. The van der Waals surface area contributed by atoms with E-state index in [4.69, 9.17) is 10.2 Å². The molecule has 98 valence electrons. The number of nitrogens with zero attached hydrogens (tertiary/aromatic N) is 1. The third-order valence-electron chi connectivity index (χ3n) is 2.79. The highest BCUT2D eigenvalue weighted by Crippen LogP contribution is 2.22. The molecule has 0 aliphatic rings. The van der Waals surface area contributed by atoms with Crippen LogP contribution in [0.5, 0.6) is 0 Å². The average Bonchev–Trinajstić information content (AvgIpc) is 2.85. The lowest BCUT2D eigenvalue weighted by molar-refractivity contribution is 0.285. The van der Waals surface area contributed by atoms with Crippen molar-refractivity contribution in [1.82, 2.24) is 4.90 Å². The van der Waals surface area contributed by atoms with Crippen LogP contribution in [0.4, 0.5) is 0 Å². The number of furan rings is 1. The van der Waals surface area contributed by atoms with Gasteiger partial charge in [0, 0.05) is 18.7 Å². The molecule has 0 atom stereocenters. The molecule has 0 radical (unpaired) electrons. The number of halogens is 1. The van der Waals surface area contributed by atoms with Crippen LogP contribution in [-0.4, -0.2) is 11.9 Å². The average molecular weight is 329 g/mol. The van der Waals surface area contributed by atoms with Gasteiger partial charge in [0.15, 0.2) is 0 Å². The number of hydrogen-bond acceptors (Lipinski definition) is 4. The molecule has 2 aromatic heterocycles. The Morgan fingerprint density at radius 1 is 1.39 bits per heavy atom. The topological polar surface area (TPSA) is 42.4 Å². The zero-order valence-corrected chi connectivity index (χ0v) is 13.0. The van der Waals surface area contributed by atoms with Crippen LogP contribution in [0.2, 0.25) is 0 Å². The molecule has 0 aliphatic heterocycles. The summed E-state index contributed by atoms with van der Waals surface area (Å²) in [5.74, 6) is 1.91. The summed E-state index contributed by atoms with van der Waals surface area (Å²) >= 11 is 5.19. The third kappa shape index (κ3) is 3.45. The standard InChI is InChI=1S/C13H17BrN2OS/c1-9-11(5-15)4-12(17-9)7-16(2)6-10-3-13(14)18-8-10/h3-4,8H,5-7,15H2,1-2H3. The molecule has 0 bridgehead atoms.